The summed E-state index contributed by atoms with van der Waals surface area (Å²) in [5.41, 5.74) is 8.60. The fourth-order valence-electron chi connectivity index (χ4n) is 4.65. The Morgan fingerprint density at radius 1 is 0.815 bits per heavy atom. The summed E-state index contributed by atoms with van der Waals surface area (Å²) < 4.78 is 27.0. The van der Waals surface area contributed by atoms with E-state index in [-0.39, 0.29) is 0 Å². The number of benzene rings is 3. The van der Waals surface area contributed by atoms with Crippen LogP contribution in [0.3, 0.4) is 0 Å². The molecule has 0 aromatic heterocycles. The monoisotopic (exact) mass is 358 g/mol. The molecule has 0 saturated heterocycles. The van der Waals surface area contributed by atoms with Crippen molar-refractivity contribution in [2.75, 3.05) is 0 Å². The lowest BCUT2D eigenvalue weighted by molar-refractivity contribution is 0.509. The van der Waals surface area contributed by atoms with Gasteiger partial charge in [0.15, 0.2) is 11.6 Å². The van der Waals surface area contributed by atoms with Gasteiger partial charge in [0.2, 0.25) is 0 Å². The summed E-state index contributed by atoms with van der Waals surface area (Å²) in [6.45, 7) is 2.12. The Morgan fingerprint density at radius 2 is 1.70 bits per heavy atom. The van der Waals surface area contributed by atoms with Gasteiger partial charge in [0.1, 0.15) is 0 Å². The SMILES string of the molecule is Cc1cc(-c2ccc(F)c(F)c2)cc2ccc3c(c12)CCC1=C3C=CCC1. The van der Waals surface area contributed by atoms with Gasteiger partial charge in [0, 0.05) is 0 Å². The lowest BCUT2D eigenvalue weighted by Crippen LogP contribution is -2.07. The second-order valence-electron chi connectivity index (χ2n) is 7.57. The molecule has 0 aliphatic heterocycles. The molecule has 0 bridgehead atoms. The van der Waals surface area contributed by atoms with Gasteiger partial charge in [-0.15, -0.1) is 0 Å². The Kier molecular flexibility index (Phi) is 3.75. The van der Waals surface area contributed by atoms with Crippen LogP contribution in [-0.2, 0) is 6.42 Å². The third-order valence-corrected chi connectivity index (χ3v) is 5.92. The third kappa shape index (κ3) is 2.63. The molecule has 2 aliphatic carbocycles. The molecule has 0 heterocycles. The zero-order valence-electron chi connectivity index (χ0n) is 15.3. The van der Waals surface area contributed by atoms with Crippen molar-refractivity contribution >= 4 is 16.3 Å². The van der Waals surface area contributed by atoms with Gasteiger partial charge >= 0.3 is 0 Å². The van der Waals surface area contributed by atoms with E-state index in [0.717, 1.165) is 30.2 Å². The molecule has 0 N–H and O–H groups in total. The number of rotatable bonds is 1. The molecule has 0 spiro atoms. The Labute approximate surface area is 157 Å². The number of fused-ring (bicyclic) bond motifs is 4. The van der Waals surface area contributed by atoms with Gasteiger partial charge in [0.25, 0.3) is 0 Å². The van der Waals surface area contributed by atoms with Crippen LogP contribution in [0.5, 0.6) is 0 Å². The van der Waals surface area contributed by atoms with E-state index < -0.39 is 11.6 Å². The van der Waals surface area contributed by atoms with Gasteiger partial charge in [-0.3, -0.25) is 0 Å². The minimum atomic E-state index is -0.810. The van der Waals surface area contributed by atoms with Crippen LogP contribution in [0, 0.1) is 18.6 Å². The lowest BCUT2D eigenvalue weighted by Gasteiger charge is -2.26. The maximum absolute atomic E-state index is 13.7. The maximum atomic E-state index is 13.7. The molecule has 0 atom stereocenters. The maximum Gasteiger partial charge on any atom is 0.159 e. The standard InChI is InChI=1S/C25H20F2/c1-15-12-19(17-8-11-23(26)24(27)14-17)13-18-7-9-21-20-5-3-2-4-16(20)6-10-22(21)25(15)18/h3,5,7-9,11-14H,2,4,6,10H2,1H3. The van der Waals surface area contributed by atoms with Crippen LogP contribution in [0.25, 0.3) is 27.5 Å². The fourth-order valence-corrected chi connectivity index (χ4v) is 4.65. The highest BCUT2D eigenvalue weighted by atomic mass is 19.2. The summed E-state index contributed by atoms with van der Waals surface area (Å²) in [7, 11) is 0. The molecular weight excluding hydrogens is 338 g/mol. The van der Waals surface area contributed by atoms with Crippen molar-refractivity contribution in [3.05, 3.63) is 88.5 Å². The summed E-state index contributed by atoms with van der Waals surface area (Å²) in [6.07, 6.45) is 9.10. The van der Waals surface area contributed by atoms with Crippen LogP contribution in [0.15, 0.2) is 60.2 Å². The van der Waals surface area contributed by atoms with Crippen molar-refractivity contribution in [1.29, 1.82) is 0 Å². The first-order chi connectivity index (χ1) is 13.1. The zero-order chi connectivity index (χ0) is 18.5. The molecule has 0 saturated carbocycles. The first kappa shape index (κ1) is 16.4. The molecule has 0 nitrogen and oxygen atoms in total. The molecular formula is C25H20F2. The number of aryl methyl sites for hydroxylation is 2. The van der Waals surface area contributed by atoms with Crippen molar-refractivity contribution in [2.45, 2.75) is 32.6 Å². The summed E-state index contributed by atoms with van der Waals surface area (Å²) in [5, 5.41) is 2.47. The van der Waals surface area contributed by atoms with E-state index in [4.69, 9.17) is 0 Å². The largest absolute Gasteiger partial charge is 0.204 e. The predicted octanol–water partition coefficient (Wildman–Crippen LogP) is 7.14. The van der Waals surface area contributed by atoms with Gasteiger partial charge in [-0.05, 0) is 95.0 Å². The summed E-state index contributed by atoms with van der Waals surface area (Å²) >= 11 is 0. The van der Waals surface area contributed by atoms with Gasteiger partial charge in [-0.25, -0.2) is 8.78 Å². The second-order valence-corrected chi connectivity index (χ2v) is 7.57. The highest BCUT2D eigenvalue weighted by molar-refractivity contribution is 5.97. The van der Waals surface area contributed by atoms with E-state index in [1.807, 2.05) is 0 Å². The Bertz CT molecular complexity index is 1150. The average molecular weight is 358 g/mol. The molecule has 0 fully saturated rings. The van der Waals surface area contributed by atoms with Crippen LogP contribution in [0.4, 0.5) is 8.78 Å². The van der Waals surface area contributed by atoms with Crippen LogP contribution in [-0.4, -0.2) is 0 Å². The van der Waals surface area contributed by atoms with Crippen molar-refractivity contribution in [2.24, 2.45) is 0 Å². The number of hydrogen-bond donors (Lipinski definition) is 0. The third-order valence-electron chi connectivity index (χ3n) is 5.92. The first-order valence-corrected chi connectivity index (χ1v) is 9.52. The molecule has 2 heteroatoms. The van der Waals surface area contributed by atoms with Gasteiger partial charge < -0.3 is 0 Å². The summed E-state index contributed by atoms with van der Waals surface area (Å²) in [4.78, 5) is 0. The van der Waals surface area contributed by atoms with E-state index in [9.17, 15) is 8.78 Å². The fraction of sp³-hybridized carbons (Fsp3) is 0.200. The normalized spacial score (nSPS) is 15.8. The average Bonchev–Trinajstić information content (AvgIpc) is 2.69. The van der Waals surface area contributed by atoms with Gasteiger partial charge in [0.05, 0.1) is 0 Å². The van der Waals surface area contributed by atoms with Gasteiger partial charge in [-0.1, -0.05) is 42.0 Å². The molecule has 0 unspecified atom stereocenters. The van der Waals surface area contributed by atoms with Crippen LogP contribution < -0.4 is 0 Å². The molecule has 3 aromatic carbocycles. The number of hydrogen-bond acceptors (Lipinski definition) is 0. The van der Waals surface area contributed by atoms with Crippen LogP contribution >= 0.6 is 0 Å². The minimum Gasteiger partial charge on any atom is -0.204 e. The Morgan fingerprint density at radius 3 is 2.56 bits per heavy atom. The minimum absolute atomic E-state index is 0.705. The highest BCUT2D eigenvalue weighted by Crippen LogP contribution is 2.41. The van der Waals surface area contributed by atoms with E-state index in [2.05, 4.69) is 43.3 Å². The number of halogens is 2. The van der Waals surface area contributed by atoms with Crippen molar-refractivity contribution in [3.63, 3.8) is 0 Å². The van der Waals surface area contributed by atoms with Gasteiger partial charge in [-0.2, -0.15) is 0 Å². The van der Waals surface area contributed by atoms with Crippen molar-refractivity contribution in [3.8, 4) is 11.1 Å². The predicted molar refractivity (Wildman–Crippen MR) is 108 cm³/mol. The Hall–Kier alpha value is -2.74. The smallest absolute Gasteiger partial charge is 0.159 e. The molecule has 0 radical (unpaired) electrons. The van der Waals surface area contributed by atoms with Crippen molar-refractivity contribution < 1.29 is 8.78 Å². The first-order valence-electron chi connectivity index (χ1n) is 9.52. The van der Waals surface area contributed by atoms with Crippen molar-refractivity contribution in [1.82, 2.24) is 0 Å². The Balaban J connectivity index is 1.70. The summed E-state index contributed by atoms with van der Waals surface area (Å²) in [6, 6.07) is 12.7. The zero-order valence-corrected chi connectivity index (χ0v) is 15.3. The lowest BCUT2D eigenvalue weighted by atomic mass is 9.78. The molecule has 27 heavy (non-hydrogen) atoms. The molecule has 134 valence electrons. The molecule has 2 aliphatic rings. The summed E-state index contributed by atoms with van der Waals surface area (Å²) in [5.74, 6) is -1.62. The topological polar surface area (TPSA) is 0 Å². The highest BCUT2D eigenvalue weighted by Gasteiger charge is 2.21. The second kappa shape index (κ2) is 6.16. The van der Waals surface area contributed by atoms with Crippen LogP contribution in [0.2, 0.25) is 0 Å². The van der Waals surface area contributed by atoms with E-state index >= 15 is 0 Å². The van der Waals surface area contributed by atoms with Crippen LogP contribution in [0.1, 0.15) is 36.0 Å². The van der Waals surface area contributed by atoms with E-state index in [0.29, 0.717) is 5.56 Å². The molecule has 0 amide bonds. The van der Waals surface area contributed by atoms with E-state index in [1.165, 1.54) is 46.2 Å². The molecule has 3 aromatic rings. The van der Waals surface area contributed by atoms with E-state index in [1.54, 1.807) is 11.6 Å². The quantitative estimate of drug-likeness (QED) is 0.433. The molecule has 5 rings (SSSR count). The number of allylic oxidation sites excluding steroid dienone is 4.